The fraction of sp³-hybridized carbons (Fsp3) is 0.300. The number of hydrogen-bond donors (Lipinski definition) is 2. The van der Waals surface area contributed by atoms with Gasteiger partial charge in [0.25, 0.3) is 5.91 Å². The molecule has 1 aromatic carbocycles. The van der Waals surface area contributed by atoms with E-state index < -0.39 is 0 Å². The van der Waals surface area contributed by atoms with Gasteiger partial charge in [0.15, 0.2) is 0 Å². The number of carbonyl (C=O) groups is 1. The van der Waals surface area contributed by atoms with Crippen LogP contribution < -0.4 is 15.8 Å². The van der Waals surface area contributed by atoms with Crippen LogP contribution in [0.3, 0.4) is 0 Å². The molecule has 3 N–H and O–H groups in total. The van der Waals surface area contributed by atoms with Crippen LogP contribution in [0.2, 0.25) is 0 Å². The van der Waals surface area contributed by atoms with Gasteiger partial charge in [-0.05, 0) is 19.1 Å². The van der Waals surface area contributed by atoms with Crippen molar-refractivity contribution in [1.29, 1.82) is 0 Å². The molecule has 0 saturated heterocycles. The van der Waals surface area contributed by atoms with E-state index in [9.17, 15) is 4.79 Å². The Hall–Kier alpha value is -1.55. The van der Waals surface area contributed by atoms with E-state index in [-0.39, 0.29) is 12.6 Å². The van der Waals surface area contributed by atoms with Crippen molar-refractivity contribution in [2.45, 2.75) is 6.92 Å². The standard InChI is InChI=1S/C10H14N2O2/c1-7-8(10(13)12-6-11)4-3-5-9(7)14-2/h3-5H,6,11H2,1-2H3,(H,12,13). The number of nitrogens with one attached hydrogen (secondary N) is 1. The Morgan fingerprint density at radius 1 is 1.57 bits per heavy atom. The maximum absolute atomic E-state index is 11.5. The highest BCUT2D eigenvalue weighted by molar-refractivity contribution is 5.96. The van der Waals surface area contributed by atoms with Gasteiger partial charge < -0.3 is 15.8 Å². The summed E-state index contributed by atoms with van der Waals surface area (Å²) in [6.07, 6.45) is 0. The minimum Gasteiger partial charge on any atom is -0.496 e. The van der Waals surface area contributed by atoms with Gasteiger partial charge in [-0.15, -0.1) is 0 Å². The summed E-state index contributed by atoms with van der Waals surface area (Å²) in [5.41, 5.74) is 6.64. The SMILES string of the molecule is COc1cccc(C(=O)NCN)c1C. The van der Waals surface area contributed by atoms with E-state index in [1.165, 1.54) is 0 Å². The second-order valence-electron chi connectivity index (χ2n) is 2.84. The molecule has 0 atom stereocenters. The summed E-state index contributed by atoms with van der Waals surface area (Å²) in [6, 6.07) is 5.33. The second kappa shape index (κ2) is 4.62. The summed E-state index contributed by atoms with van der Waals surface area (Å²) >= 11 is 0. The normalized spacial score (nSPS) is 9.64. The number of hydrogen-bond acceptors (Lipinski definition) is 3. The lowest BCUT2D eigenvalue weighted by Gasteiger charge is -2.09. The van der Waals surface area contributed by atoms with Crippen molar-refractivity contribution in [1.82, 2.24) is 5.32 Å². The van der Waals surface area contributed by atoms with Crippen LogP contribution in [0.25, 0.3) is 0 Å². The fourth-order valence-electron chi connectivity index (χ4n) is 1.27. The van der Waals surface area contributed by atoms with Crippen molar-refractivity contribution in [2.75, 3.05) is 13.8 Å². The molecule has 1 amide bonds. The average molecular weight is 194 g/mol. The van der Waals surface area contributed by atoms with Gasteiger partial charge in [0, 0.05) is 11.1 Å². The average Bonchev–Trinajstić information content (AvgIpc) is 2.18. The summed E-state index contributed by atoms with van der Waals surface area (Å²) < 4.78 is 5.10. The van der Waals surface area contributed by atoms with E-state index in [1.54, 1.807) is 19.2 Å². The van der Waals surface area contributed by atoms with Gasteiger partial charge >= 0.3 is 0 Å². The minimum atomic E-state index is -0.177. The molecule has 0 spiro atoms. The van der Waals surface area contributed by atoms with E-state index in [0.717, 1.165) is 5.56 Å². The van der Waals surface area contributed by atoms with E-state index in [1.807, 2.05) is 13.0 Å². The molecule has 0 radical (unpaired) electrons. The van der Waals surface area contributed by atoms with Crippen molar-refractivity contribution in [3.8, 4) is 5.75 Å². The van der Waals surface area contributed by atoms with Crippen LogP contribution in [0.4, 0.5) is 0 Å². The molecule has 0 fully saturated rings. The fourth-order valence-corrected chi connectivity index (χ4v) is 1.27. The van der Waals surface area contributed by atoms with E-state index >= 15 is 0 Å². The molecule has 76 valence electrons. The van der Waals surface area contributed by atoms with Crippen molar-refractivity contribution in [3.63, 3.8) is 0 Å². The van der Waals surface area contributed by atoms with E-state index in [2.05, 4.69) is 5.32 Å². The van der Waals surface area contributed by atoms with Crippen LogP contribution in [0, 0.1) is 6.92 Å². The summed E-state index contributed by atoms with van der Waals surface area (Å²) in [4.78, 5) is 11.5. The Kier molecular flexibility index (Phi) is 3.48. The lowest BCUT2D eigenvalue weighted by Crippen LogP contribution is -2.29. The van der Waals surface area contributed by atoms with Gasteiger partial charge in [-0.2, -0.15) is 0 Å². The van der Waals surface area contributed by atoms with Crippen molar-refractivity contribution >= 4 is 5.91 Å². The quantitative estimate of drug-likeness (QED) is 0.694. The minimum absolute atomic E-state index is 0.134. The highest BCUT2D eigenvalue weighted by atomic mass is 16.5. The van der Waals surface area contributed by atoms with Crippen LogP contribution in [-0.4, -0.2) is 19.7 Å². The summed E-state index contributed by atoms with van der Waals surface area (Å²) in [5, 5.41) is 2.54. The molecule has 0 unspecified atom stereocenters. The Balaban J connectivity index is 3.03. The number of amides is 1. The van der Waals surface area contributed by atoms with Crippen LogP contribution in [0.1, 0.15) is 15.9 Å². The second-order valence-corrected chi connectivity index (χ2v) is 2.84. The van der Waals surface area contributed by atoms with Crippen molar-refractivity contribution < 1.29 is 9.53 Å². The lowest BCUT2D eigenvalue weighted by atomic mass is 10.1. The first kappa shape index (κ1) is 10.5. The molecule has 0 aliphatic rings. The predicted octanol–water partition coefficient (Wildman–Crippen LogP) is 0.650. The number of ether oxygens (including phenoxy) is 1. The molecule has 1 rings (SSSR count). The molecule has 14 heavy (non-hydrogen) atoms. The maximum Gasteiger partial charge on any atom is 0.252 e. The zero-order chi connectivity index (χ0) is 10.6. The molecule has 0 aliphatic carbocycles. The summed E-state index contributed by atoms with van der Waals surface area (Å²) in [7, 11) is 1.58. The summed E-state index contributed by atoms with van der Waals surface area (Å²) in [5.74, 6) is 0.526. The Labute approximate surface area is 83.1 Å². The topological polar surface area (TPSA) is 64.3 Å². The van der Waals surface area contributed by atoms with Gasteiger partial charge in [0.2, 0.25) is 0 Å². The van der Waals surface area contributed by atoms with Crippen LogP contribution in [0.15, 0.2) is 18.2 Å². The highest BCUT2D eigenvalue weighted by Gasteiger charge is 2.10. The molecule has 0 saturated carbocycles. The molecule has 4 heteroatoms. The molecule has 0 heterocycles. The number of carbonyl (C=O) groups excluding carboxylic acids is 1. The van der Waals surface area contributed by atoms with Crippen LogP contribution in [0.5, 0.6) is 5.75 Å². The van der Waals surface area contributed by atoms with Crippen molar-refractivity contribution in [3.05, 3.63) is 29.3 Å². The monoisotopic (exact) mass is 194 g/mol. The van der Waals surface area contributed by atoms with Crippen molar-refractivity contribution in [2.24, 2.45) is 5.73 Å². The molecule has 1 aromatic rings. The molecule has 4 nitrogen and oxygen atoms in total. The third-order valence-corrected chi connectivity index (χ3v) is 2.01. The van der Waals surface area contributed by atoms with Gasteiger partial charge in [0.1, 0.15) is 5.75 Å². The predicted molar refractivity (Wildman–Crippen MR) is 54.3 cm³/mol. The van der Waals surface area contributed by atoms with Crippen LogP contribution >= 0.6 is 0 Å². The first-order valence-corrected chi connectivity index (χ1v) is 4.32. The molecular weight excluding hydrogens is 180 g/mol. The Bertz CT molecular complexity index is 337. The number of rotatable bonds is 3. The number of benzene rings is 1. The zero-order valence-corrected chi connectivity index (χ0v) is 8.33. The van der Waals surface area contributed by atoms with E-state index in [4.69, 9.17) is 10.5 Å². The third-order valence-electron chi connectivity index (χ3n) is 2.01. The number of methoxy groups -OCH3 is 1. The largest absolute Gasteiger partial charge is 0.496 e. The first-order valence-electron chi connectivity index (χ1n) is 4.32. The molecule has 0 bridgehead atoms. The Morgan fingerprint density at radius 2 is 2.29 bits per heavy atom. The van der Waals surface area contributed by atoms with Gasteiger partial charge in [0.05, 0.1) is 13.8 Å². The molecule has 0 aromatic heterocycles. The van der Waals surface area contributed by atoms with E-state index in [0.29, 0.717) is 11.3 Å². The Morgan fingerprint density at radius 3 is 2.86 bits per heavy atom. The third kappa shape index (κ3) is 2.03. The molecular formula is C10H14N2O2. The smallest absolute Gasteiger partial charge is 0.252 e. The highest BCUT2D eigenvalue weighted by Crippen LogP contribution is 2.20. The maximum atomic E-state index is 11.5. The van der Waals surface area contributed by atoms with Gasteiger partial charge in [-0.25, -0.2) is 0 Å². The van der Waals surface area contributed by atoms with Crippen LogP contribution in [-0.2, 0) is 0 Å². The summed E-state index contributed by atoms with van der Waals surface area (Å²) in [6.45, 7) is 1.97. The zero-order valence-electron chi connectivity index (χ0n) is 8.33. The van der Waals surface area contributed by atoms with Gasteiger partial charge in [-0.3, -0.25) is 4.79 Å². The number of nitrogens with two attached hydrogens (primary N) is 1. The van der Waals surface area contributed by atoms with Gasteiger partial charge in [-0.1, -0.05) is 6.07 Å². The lowest BCUT2D eigenvalue weighted by molar-refractivity contribution is 0.0954. The first-order chi connectivity index (χ1) is 6.70. The molecule has 0 aliphatic heterocycles.